The Balaban J connectivity index is 2.58. The SMILES string of the molecule is Cc1nc(CC(C)C)c[nH]1. The van der Waals surface area contributed by atoms with Gasteiger partial charge in [-0.2, -0.15) is 0 Å². The Morgan fingerprint density at radius 1 is 1.60 bits per heavy atom. The molecule has 1 N–H and O–H groups in total. The van der Waals surface area contributed by atoms with Crippen LogP contribution in [0.25, 0.3) is 0 Å². The maximum absolute atomic E-state index is 4.30. The topological polar surface area (TPSA) is 28.7 Å². The molecule has 0 unspecified atom stereocenters. The number of H-pyrrole nitrogens is 1. The quantitative estimate of drug-likeness (QED) is 0.664. The Morgan fingerprint density at radius 2 is 2.30 bits per heavy atom. The summed E-state index contributed by atoms with van der Waals surface area (Å²) in [5, 5.41) is 0. The summed E-state index contributed by atoms with van der Waals surface area (Å²) in [5.41, 5.74) is 1.17. The van der Waals surface area contributed by atoms with Crippen LogP contribution in [0.15, 0.2) is 6.20 Å². The first-order chi connectivity index (χ1) is 4.68. The fraction of sp³-hybridized carbons (Fsp3) is 0.625. The van der Waals surface area contributed by atoms with E-state index in [2.05, 4.69) is 23.8 Å². The van der Waals surface area contributed by atoms with Gasteiger partial charge in [0.25, 0.3) is 0 Å². The molecule has 0 bridgehead atoms. The summed E-state index contributed by atoms with van der Waals surface area (Å²) >= 11 is 0. The monoisotopic (exact) mass is 138 g/mol. The molecule has 0 atom stereocenters. The Kier molecular flexibility index (Phi) is 2.10. The predicted molar refractivity (Wildman–Crippen MR) is 41.9 cm³/mol. The first kappa shape index (κ1) is 7.32. The van der Waals surface area contributed by atoms with Gasteiger partial charge < -0.3 is 4.98 Å². The van der Waals surface area contributed by atoms with E-state index in [1.807, 2.05) is 13.1 Å². The Morgan fingerprint density at radius 3 is 2.70 bits per heavy atom. The molecule has 1 aromatic heterocycles. The molecule has 0 aromatic carbocycles. The maximum atomic E-state index is 4.30. The molecule has 0 spiro atoms. The molecule has 0 aliphatic rings. The first-order valence-corrected chi connectivity index (χ1v) is 3.69. The lowest BCUT2D eigenvalue weighted by molar-refractivity contribution is 0.637. The number of aryl methyl sites for hydroxylation is 1. The molecule has 0 saturated heterocycles. The van der Waals surface area contributed by atoms with Crippen molar-refractivity contribution in [3.05, 3.63) is 17.7 Å². The lowest BCUT2D eigenvalue weighted by Crippen LogP contribution is -1.93. The molecule has 1 heterocycles. The van der Waals surface area contributed by atoms with Crippen LogP contribution in [0.3, 0.4) is 0 Å². The molecular formula is C8H14N2. The van der Waals surface area contributed by atoms with Crippen molar-refractivity contribution >= 4 is 0 Å². The van der Waals surface area contributed by atoms with Gasteiger partial charge in [-0.15, -0.1) is 0 Å². The van der Waals surface area contributed by atoms with Crippen LogP contribution in [0.5, 0.6) is 0 Å². The molecule has 1 rings (SSSR count). The summed E-state index contributed by atoms with van der Waals surface area (Å²) in [6, 6.07) is 0. The average molecular weight is 138 g/mol. The van der Waals surface area contributed by atoms with Crippen molar-refractivity contribution in [3.63, 3.8) is 0 Å². The first-order valence-electron chi connectivity index (χ1n) is 3.69. The van der Waals surface area contributed by atoms with E-state index in [9.17, 15) is 0 Å². The van der Waals surface area contributed by atoms with E-state index < -0.39 is 0 Å². The Hall–Kier alpha value is -0.790. The van der Waals surface area contributed by atoms with Gasteiger partial charge in [0.05, 0.1) is 5.69 Å². The number of hydrogen-bond acceptors (Lipinski definition) is 1. The summed E-state index contributed by atoms with van der Waals surface area (Å²) in [5.74, 6) is 1.71. The molecule has 1 aromatic rings. The maximum Gasteiger partial charge on any atom is 0.103 e. The lowest BCUT2D eigenvalue weighted by atomic mass is 10.1. The normalized spacial score (nSPS) is 10.8. The second-order valence-corrected chi connectivity index (χ2v) is 3.08. The van der Waals surface area contributed by atoms with Gasteiger partial charge in [0.2, 0.25) is 0 Å². The van der Waals surface area contributed by atoms with E-state index in [1.54, 1.807) is 0 Å². The van der Waals surface area contributed by atoms with Crippen LogP contribution < -0.4 is 0 Å². The smallest absolute Gasteiger partial charge is 0.103 e. The minimum Gasteiger partial charge on any atom is -0.349 e. The number of rotatable bonds is 2. The highest BCUT2D eigenvalue weighted by atomic mass is 14.9. The zero-order valence-electron chi connectivity index (χ0n) is 6.81. The summed E-state index contributed by atoms with van der Waals surface area (Å²) < 4.78 is 0. The summed E-state index contributed by atoms with van der Waals surface area (Å²) in [6.45, 7) is 6.37. The van der Waals surface area contributed by atoms with Crippen molar-refractivity contribution in [2.75, 3.05) is 0 Å². The molecule has 0 aliphatic heterocycles. The second kappa shape index (κ2) is 2.86. The highest BCUT2D eigenvalue weighted by molar-refractivity contribution is 5.00. The van der Waals surface area contributed by atoms with Gasteiger partial charge in [-0.25, -0.2) is 4.98 Å². The highest BCUT2D eigenvalue weighted by Gasteiger charge is 1.99. The second-order valence-electron chi connectivity index (χ2n) is 3.08. The lowest BCUT2D eigenvalue weighted by Gasteiger charge is -1.97. The van der Waals surface area contributed by atoms with Gasteiger partial charge in [0, 0.05) is 6.20 Å². The summed E-state index contributed by atoms with van der Waals surface area (Å²) in [4.78, 5) is 7.36. The van der Waals surface area contributed by atoms with Crippen molar-refractivity contribution in [2.24, 2.45) is 5.92 Å². The predicted octanol–water partition coefficient (Wildman–Crippen LogP) is 1.92. The average Bonchev–Trinajstić information content (AvgIpc) is 2.13. The van der Waals surface area contributed by atoms with Crippen LogP contribution in [-0.2, 0) is 6.42 Å². The standard InChI is InChI=1S/C8H14N2/c1-6(2)4-8-5-9-7(3)10-8/h5-6H,4H2,1-3H3,(H,9,10). The molecule has 0 amide bonds. The van der Waals surface area contributed by atoms with E-state index >= 15 is 0 Å². The zero-order valence-corrected chi connectivity index (χ0v) is 6.81. The molecule has 0 radical (unpaired) electrons. The van der Waals surface area contributed by atoms with Crippen LogP contribution in [0.4, 0.5) is 0 Å². The third-order valence-electron chi connectivity index (χ3n) is 1.38. The van der Waals surface area contributed by atoms with Crippen LogP contribution in [0.1, 0.15) is 25.4 Å². The van der Waals surface area contributed by atoms with E-state index in [-0.39, 0.29) is 0 Å². The van der Waals surface area contributed by atoms with Gasteiger partial charge in [0.1, 0.15) is 5.82 Å². The number of aromatic nitrogens is 2. The molecule has 0 saturated carbocycles. The van der Waals surface area contributed by atoms with Crippen LogP contribution in [0.2, 0.25) is 0 Å². The van der Waals surface area contributed by atoms with Crippen LogP contribution >= 0.6 is 0 Å². The number of imidazole rings is 1. The number of nitrogens with zero attached hydrogens (tertiary/aromatic N) is 1. The van der Waals surface area contributed by atoms with Gasteiger partial charge in [-0.05, 0) is 19.3 Å². The van der Waals surface area contributed by atoms with Crippen molar-refractivity contribution in [1.29, 1.82) is 0 Å². The van der Waals surface area contributed by atoms with Crippen LogP contribution in [0, 0.1) is 12.8 Å². The molecular weight excluding hydrogens is 124 g/mol. The fourth-order valence-corrected chi connectivity index (χ4v) is 0.991. The van der Waals surface area contributed by atoms with Gasteiger partial charge in [-0.3, -0.25) is 0 Å². The van der Waals surface area contributed by atoms with Crippen molar-refractivity contribution in [1.82, 2.24) is 9.97 Å². The number of aromatic amines is 1. The van der Waals surface area contributed by atoms with E-state index in [4.69, 9.17) is 0 Å². The van der Waals surface area contributed by atoms with Gasteiger partial charge in [-0.1, -0.05) is 13.8 Å². The Bertz CT molecular complexity index is 201. The van der Waals surface area contributed by atoms with Crippen molar-refractivity contribution < 1.29 is 0 Å². The Labute approximate surface area is 61.7 Å². The number of hydrogen-bond donors (Lipinski definition) is 1. The summed E-state index contributed by atoms with van der Waals surface area (Å²) in [6.07, 6.45) is 3.06. The number of nitrogens with one attached hydrogen (secondary N) is 1. The zero-order chi connectivity index (χ0) is 7.56. The highest BCUT2D eigenvalue weighted by Crippen LogP contribution is 2.04. The molecule has 2 heteroatoms. The largest absolute Gasteiger partial charge is 0.349 e. The third-order valence-corrected chi connectivity index (χ3v) is 1.38. The molecule has 0 aliphatic carbocycles. The summed E-state index contributed by atoms with van der Waals surface area (Å²) in [7, 11) is 0. The molecule has 10 heavy (non-hydrogen) atoms. The minimum atomic E-state index is 0.697. The molecule has 56 valence electrons. The van der Waals surface area contributed by atoms with Crippen molar-refractivity contribution in [2.45, 2.75) is 27.2 Å². The molecule has 0 fully saturated rings. The van der Waals surface area contributed by atoms with E-state index in [0.29, 0.717) is 5.92 Å². The molecule has 2 nitrogen and oxygen atoms in total. The van der Waals surface area contributed by atoms with Gasteiger partial charge >= 0.3 is 0 Å². The minimum absolute atomic E-state index is 0.697. The van der Waals surface area contributed by atoms with E-state index in [0.717, 1.165) is 12.2 Å². The van der Waals surface area contributed by atoms with Crippen molar-refractivity contribution in [3.8, 4) is 0 Å². The third kappa shape index (κ3) is 1.87. The van der Waals surface area contributed by atoms with E-state index in [1.165, 1.54) is 5.69 Å². The van der Waals surface area contributed by atoms with Crippen LogP contribution in [-0.4, -0.2) is 9.97 Å². The fourth-order valence-electron chi connectivity index (χ4n) is 0.991. The van der Waals surface area contributed by atoms with Gasteiger partial charge in [0.15, 0.2) is 0 Å².